The molecule has 120 valence electrons. The lowest BCUT2D eigenvalue weighted by Gasteiger charge is -2.31. The zero-order chi connectivity index (χ0) is 15.6. The molecule has 0 saturated carbocycles. The third-order valence-electron chi connectivity index (χ3n) is 4.46. The first-order chi connectivity index (χ1) is 11.3. The second kappa shape index (κ2) is 6.12. The summed E-state index contributed by atoms with van der Waals surface area (Å²) in [6.07, 6.45) is 3.46. The number of aromatic nitrogens is 4. The number of nitrogens with zero attached hydrogens (tertiary/aromatic N) is 4. The number of nitrogens with one attached hydrogen (secondary N) is 1. The van der Waals surface area contributed by atoms with Gasteiger partial charge in [0, 0.05) is 19.9 Å². The van der Waals surface area contributed by atoms with Crippen LogP contribution in [0.25, 0.3) is 11.0 Å². The van der Waals surface area contributed by atoms with Crippen LogP contribution >= 0.6 is 0 Å². The summed E-state index contributed by atoms with van der Waals surface area (Å²) < 4.78 is 5.06. The molecule has 1 saturated heterocycles. The van der Waals surface area contributed by atoms with E-state index in [9.17, 15) is 0 Å². The average Bonchev–Trinajstić information content (AvgIpc) is 3.13. The number of hydrogen-bond acceptors (Lipinski definition) is 5. The highest BCUT2D eigenvalue weighted by molar-refractivity contribution is 5.74. The summed E-state index contributed by atoms with van der Waals surface area (Å²) >= 11 is 0. The van der Waals surface area contributed by atoms with Crippen molar-refractivity contribution in [3.63, 3.8) is 0 Å². The molecule has 0 bridgehead atoms. The zero-order valence-electron chi connectivity index (χ0n) is 13.3. The van der Waals surface area contributed by atoms with Crippen molar-refractivity contribution in [2.75, 3.05) is 13.1 Å². The molecule has 23 heavy (non-hydrogen) atoms. The van der Waals surface area contributed by atoms with Crippen molar-refractivity contribution in [1.29, 1.82) is 0 Å². The van der Waals surface area contributed by atoms with Gasteiger partial charge in [-0.1, -0.05) is 17.3 Å². The molecule has 0 aliphatic carbocycles. The molecule has 1 aliphatic heterocycles. The van der Waals surface area contributed by atoms with Crippen LogP contribution in [0.5, 0.6) is 0 Å². The molecule has 0 amide bonds. The van der Waals surface area contributed by atoms with Gasteiger partial charge in [-0.25, -0.2) is 4.98 Å². The number of likely N-dealkylation sites (tertiary alicyclic amines) is 1. The molecule has 2 aromatic heterocycles. The van der Waals surface area contributed by atoms with E-state index in [-0.39, 0.29) is 0 Å². The number of para-hydroxylation sites is 2. The first kappa shape index (κ1) is 14.4. The molecule has 3 heterocycles. The molecular formula is C17H21N5O. The molecule has 3 aromatic rings. The monoisotopic (exact) mass is 311 g/mol. The third kappa shape index (κ3) is 3.27. The van der Waals surface area contributed by atoms with Crippen molar-refractivity contribution < 1.29 is 4.52 Å². The van der Waals surface area contributed by atoms with Gasteiger partial charge in [0.05, 0.1) is 17.6 Å². The predicted molar refractivity (Wildman–Crippen MR) is 86.8 cm³/mol. The van der Waals surface area contributed by atoms with Gasteiger partial charge >= 0.3 is 0 Å². The highest BCUT2D eigenvalue weighted by Crippen LogP contribution is 2.22. The van der Waals surface area contributed by atoms with Crippen LogP contribution in [0, 0.1) is 12.8 Å². The lowest BCUT2D eigenvalue weighted by Crippen LogP contribution is -2.36. The Morgan fingerprint density at radius 1 is 1.30 bits per heavy atom. The van der Waals surface area contributed by atoms with Crippen LogP contribution in [0.1, 0.15) is 30.4 Å². The standard InChI is InChI=1S/C17H21N5O/c1-12-18-17(21-23-12)11-22-8-4-5-13(10-22)9-16-19-14-6-2-3-7-15(14)20-16/h2-3,6-7,13H,4-5,8-11H2,1H3,(H,19,20)/t13-/m0/s1. The molecule has 6 heteroatoms. The van der Waals surface area contributed by atoms with Gasteiger partial charge < -0.3 is 9.51 Å². The van der Waals surface area contributed by atoms with Gasteiger partial charge in [0.15, 0.2) is 5.82 Å². The molecule has 0 radical (unpaired) electrons. The molecule has 4 rings (SSSR count). The SMILES string of the molecule is Cc1nc(CN2CCC[C@@H](Cc3nc4ccccc4[nH]3)C2)no1. The smallest absolute Gasteiger partial charge is 0.223 e. The van der Waals surface area contributed by atoms with Crippen molar-refractivity contribution in [1.82, 2.24) is 25.0 Å². The minimum Gasteiger partial charge on any atom is -0.342 e. The van der Waals surface area contributed by atoms with E-state index < -0.39 is 0 Å². The summed E-state index contributed by atoms with van der Waals surface area (Å²) in [6.45, 7) is 4.76. The number of aryl methyl sites for hydroxylation is 1. The quantitative estimate of drug-likeness (QED) is 0.802. The van der Waals surface area contributed by atoms with Crippen LogP contribution in [-0.4, -0.2) is 38.1 Å². The molecule has 0 spiro atoms. The van der Waals surface area contributed by atoms with Crippen LogP contribution in [0.2, 0.25) is 0 Å². The van der Waals surface area contributed by atoms with Crippen LogP contribution in [0.3, 0.4) is 0 Å². The number of aromatic amines is 1. The lowest BCUT2D eigenvalue weighted by atomic mass is 9.94. The Hall–Kier alpha value is -2.21. The minimum atomic E-state index is 0.623. The number of fused-ring (bicyclic) bond motifs is 1. The van der Waals surface area contributed by atoms with Gasteiger partial charge in [-0.05, 0) is 37.4 Å². The Morgan fingerprint density at radius 2 is 2.22 bits per heavy atom. The fourth-order valence-corrected chi connectivity index (χ4v) is 3.44. The first-order valence-corrected chi connectivity index (χ1v) is 8.21. The van der Waals surface area contributed by atoms with E-state index in [2.05, 4.69) is 32.2 Å². The second-order valence-corrected chi connectivity index (χ2v) is 6.38. The maximum absolute atomic E-state index is 5.06. The summed E-state index contributed by atoms with van der Waals surface area (Å²) in [7, 11) is 0. The number of benzene rings is 1. The highest BCUT2D eigenvalue weighted by Gasteiger charge is 2.22. The molecule has 1 aromatic carbocycles. The Morgan fingerprint density at radius 3 is 3.04 bits per heavy atom. The maximum Gasteiger partial charge on any atom is 0.223 e. The molecular weight excluding hydrogens is 290 g/mol. The molecule has 0 unspecified atom stereocenters. The summed E-state index contributed by atoms with van der Waals surface area (Å²) in [5.74, 6) is 3.13. The zero-order valence-corrected chi connectivity index (χ0v) is 13.3. The Bertz CT molecular complexity index is 760. The Balaban J connectivity index is 1.40. The first-order valence-electron chi connectivity index (χ1n) is 8.21. The van der Waals surface area contributed by atoms with Crippen molar-refractivity contribution in [2.24, 2.45) is 5.92 Å². The number of hydrogen-bond donors (Lipinski definition) is 1. The molecule has 6 nitrogen and oxygen atoms in total. The van der Waals surface area contributed by atoms with E-state index in [1.807, 2.05) is 19.1 Å². The van der Waals surface area contributed by atoms with Crippen LogP contribution in [-0.2, 0) is 13.0 Å². The minimum absolute atomic E-state index is 0.623. The second-order valence-electron chi connectivity index (χ2n) is 6.38. The molecule has 1 N–H and O–H groups in total. The lowest BCUT2D eigenvalue weighted by molar-refractivity contribution is 0.161. The third-order valence-corrected chi connectivity index (χ3v) is 4.46. The van der Waals surface area contributed by atoms with Gasteiger partial charge in [-0.2, -0.15) is 4.98 Å². The normalized spacial score (nSPS) is 19.4. The fraction of sp³-hybridized carbons (Fsp3) is 0.471. The maximum atomic E-state index is 5.06. The van der Waals surface area contributed by atoms with E-state index in [0.717, 1.165) is 48.7 Å². The Kier molecular flexibility index (Phi) is 3.83. The van der Waals surface area contributed by atoms with Gasteiger partial charge in [-0.15, -0.1) is 0 Å². The highest BCUT2D eigenvalue weighted by atomic mass is 16.5. The van der Waals surface area contributed by atoms with Crippen LogP contribution < -0.4 is 0 Å². The summed E-state index contributed by atoms with van der Waals surface area (Å²) in [5.41, 5.74) is 2.18. The van der Waals surface area contributed by atoms with E-state index in [1.54, 1.807) is 0 Å². The van der Waals surface area contributed by atoms with Crippen molar-refractivity contribution in [2.45, 2.75) is 32.7 Å². The summed E-state index contributed by atoms with van der Waals surface area (Å²) in [4.78, 5) is 14.9. The van der Waals surface area contributed by atoms with Crippen molar-refractivity contribution in [3.05, 3.63) is 41.8 Å². The average molecular weight is 311 g/mol. The van der Waals surface area contributed by atoms with E-state index >= 15 is 0 Å². The summed E-state index contributed by atoms with van der Waals surface area (Å²) in [6, 6.07) is 8.21. The predicted octanol–water partition coefficient (Wildman–Crippen LogP) is 2.71. The summed E-state index contributed by atoms with van der Waals surface area (Å²) in [5, 5.41) is 4.00. The van der Waals surface area contributed by atoms with Crippen LogP contribution in [0.15, 0.2) is 28.8 Å². The van der Waals surface area contributed by atoms with Gasteiger partial charge in [0.1, 0.15) is 5.82 Å². The van der Waals surface area contributed by atoms with Gasteiger partial charge in [0.25, 0.3) is 0 Å². The molecule has 1 aliphatic rings. The Labute approximate surface area is 134 Å². The largest absolute Gasteiger partial charge is 0.342 e. The topological polar surface area (TPSA) is 70.8 Å². The number of H-pyrrole nitrogens is 1. The van der Waals surface area contributed by atoms with E-state index in [1.165, 1.54) is 12.8 Å². The number of piperidine rings is 1. The van der Waals surface area contributed by atoms with Crippen LogP contribution in [0.4, 0.5) is 0 Å². The van der Waals surface area contributed by atoms with Crippen molar-refractivity contribution in [3.8, 4) is 0 Å². The van der Waals surface area contributed by atoms with E-state index in [4.69, 9.17) is 9.51 Å². The van der Waals surface area contributed by atoms with E-state index in [0.29, 0.717) is 11.8 Å². The van der Waals surface area contributed by atoms with Gasteiger partial charge in [0.2, 0.25) is 5.89 Å². The number of imidazole rings is 1. The molecule has 1 fully saturated rings. The fourth-order valence-electron chi connectivity index (χ4n) is 3.44. The van der Waals surface area contributed by atoms with Crippen molar-refractivity contribution >= 4 is 11.0 Å². The number of rotatable bonds is 4. The molecule has 1 atom stereocenters. The van der Waals surface area contributed by atoms with Gasteiger partial charge in [-0.3, -0.25) is 4.90 Å².